The number of nitrogens with zero attached hydrogens (tertiary/aromatic N) is 4. The largest absolute Gasteiger partial charge is 0.325 e. The number of thiophene rings is 1. The molecule has 0 spiro atoms. The van der Waals surface area contributed by atoms with Crippen molar-refractivity contribution in [2.24, 2.45) is 0 Å². The molecule has 25 heavy (non-hydrogen) atoms. The number of amides is 1. The summed E-state index contributed by atoms with van der Waals surface area (Å²) in [4.78, 5) is 13.2. The molecule has 0 radical (unpaired) electrons. The highest BCUT2D eigenvalue weighted by molar-refractivity contribution is 7.99. The van der Waals surface area contributed by atoms with Gasteiger partial charge in [0.2, 0.25) is 5.91 Å². The van der Waals surface area contributed by atoms with Crippen LogP contribution >= 0.6 is 23.1 Å². The molecule has 0 saturated carbocycles. The number of hydrogen-bond acceptors (Lipinski definition) is 6. The summed E-state index contributed by atoms with van der Waals surface area (Å²) in [7, 11) is 0. The molecule has 3 rings (SSSR count). The Morgan fingerprint density at radius 3 is 2.96 bits per heavy atom. The summed E-state index contributed by atoms with van der Waals surface area (Å²) in [5.74, 6) is 0.893. The van der Waals surface area contributed by atoms with Crippen LogP contribution in [-0.2, 0) is 11.3 Å². The van der Waals surface area contributed by atoms with Gasteiger partial charge in [0.15, 0.2) is 11.0 Å². The van der Waals surface area contributed by atoms with Crippen molar-refractivity contribution in [3.63, 3.8) is 0 Å². The van der Waals surface area contributed by atoms with E-state index in [1.807, 2.05) is 29.0 Å². The molecule has 0 atom stereocenters. The Morgan fingerprint density at radius 1 is 1.36 bits per heavy atom. The first-order chi connectivity index (χ1) is 12.2. The Morgan fingerprint density at radius 2 is 2.24 bits per heavy atom. The first-order valence-corrected chi connectivity index (χ1v) is 9.47. The fraction of sp³-hybridized carbons (Fsp3) is 0.176. The van der Waals surface area contributed by atoms with Gasteiger partial charge in [0.1, 0.15) is 0 Å². The van der Waals surface area contributed by atoms with E-state index < -0.39 is 0 Å². The van der Waals surface area contributed by atoms with Gasteiger partial charge in [0.05, 0.1) is 22.3 Å². The molecular formula is C17H15N5OS2. The summed E-state index contributed by atoms with van der Waals surface area (Å²) in [6.07, 6.45) is 0. The van der Waals surface area contributed by atoms with Gasteiger partial charge in [0, 0.05) is 12.2 Å². The number of aromatic nitrogens is 3. The molecule has 3 aromatic rings. The third-order valence-corrected chi connectivity index (χ3v) is 5.21. The molecule has 0 saturated heterocycles. The summed E-state index contributed by atoms with van der Waals surface area (Å²) >= 11 is 2.95. The van der Waals surface area contributed by atoms with E-state index >= 15 is 0 Å². The van der Waals surface area contributed by atoms with Crippen LogP contribution in [-0.4, -0.2) is 26.4 Å². The van der Waals surface area contributed by atoms with E-state index in [-0.39, 0.29) is 11.7 Å². The molecule has 0 aliphatic carbocycles. The number of thioether (sulfide) groups is 1. The van der Waals surface area contributed by atoms with Crippen LogP contribution in [0.15, 0.2) is 46.9 Å². The van der Waals surface area contributed by atoms with Crippen LogP contribution in [0.2, 0.25) is 0 Å². The van der Waals surface area contributed by atoms with E-state index in [1.165, 1.54) is 11.8 Å². The standard InChI is InChI=1S/C17H15N5OS2/c1-2-22-16(14-7-4-8-24-14)20-21-17(22)25-11-15(23)19-13-6-3-5-12(9-13)10-18/h3-9H,2,11H2,1H3,(H,19,23). The Labute approximate surface area is 153 Å². The molecule has 8 heteroatoms. The number of rotatable bonds is 6. The van der Waals surface area contributed by atoms with E-state index in [0.29, 0.717) is 16.4 Å². The lowest BCUT2D eigenvalue weighted by Crippen LogP contribution is -2.14. The fourth-order valence-corrected chi connectivity index (χ4v) is 3.78. The molecule has 2 aromatic heterocycles. The number of nitrogens with one attached hydrogen (secondary N) is 1. The highest BCUT2D eigenvalue weighted by Gasteiger charge is 2.15. The zero-order valence-corrected chi connectivity index (χ0v) is 15.1. The quantitative estimate of drug-likeness (QED) is 0.671. The number of benzene rings is 1. The van der Waals surface area contributed by atoms with Crippen molar-refractivity contribution in [3.8, 4) is 16.8 Å². The maximum absolute atomic E-state index is 12.2. The van der Waals surface area contributed by atoms with Crippen molar-refractivity contribution >= 4 is 34.7 Å². The third-order valence-electron chi connectivity index (χ3n) is 3.38. The van der Waals surface area contributed by atoms with Crippen molar-refractivity contribution in [2.75, 3.05) is 11.1 Å². The number of hydrogen-bond donors (Lipinski definition) is 1. The maximum atomic E-state index is 12.2. The summed E-state index contributed by atoms with van der Waals surface area (Å²) in [6.45, 7) is 2.76. The molecule has 0 aliphatic rings. The lowest BCUT2D eigenvalue weighted by atomic mass is 10.2. The second-order valence-electron chi connectivity index (χ2n) is 5.06. The van der Waals surface area contributed by atoms with Crippen LogP contribution in [0.25, 0.3) is 10.7 Å². The first-order valence-electron chi connectivity index (χ1n) is 7.61. The van der Waals surface area contributed by atoms with Gasteiger partial charge in [-0.3, -0.25) is 4.79 Å². The molecule has 0 aliphatic heterocycles. The highest BCUT2D eigenvalue weighted by Crippen LogP contribution is 2.27. The monoisotopic (exact) mass is 369 g/mol. The van der Waals surface area contributed by atoms with Crippen LogP contribution in [0.4, 0.5) is 5.69 Å². The lowest BCUT2D eigenvalue weighted by Gasteiger charge is -2.07. The molecule has 1 aromatic carbocycles. The van der Waals surface area contributed by atoms with Crippen molar-refractivity contribution < 1.29 is 4.79 Å². The minimum absolute atomic E-state index is 0.150. The zero-order valence-electron chi connectivity index (χ0n) is 13.5. The highest BCUT2D eigenvalue weighted by atomic mass is 32.2. The van der Waals surface area contributed by atoms with Gasteiger partial charge in [0.25, 0.3) is 0 Å². The fourth-order valence-electron chi connectivity index (χ4n) is 2.26. The smallest absolute Gasteiger partial charge is 0.234 e. The van der Waals surface area contributed by atoms with Gasteiger partial charge in [-0.1, -0.05) is 23.9 Å². The van der Waals surface area contributed by atoms with E-state index in [9.17, 15) is 4.79 Å². The second kappa shape index (κ2) is 7.96. The number of carbonyl (C=O) groups is 1. The number of nitriles is 1. The third kappa shape index (κ3) is 4.07. The van der Waals surface area contributed by atoms with Crippen molar-refractivity contribution in [2.45, 2.75) is 18.6 Å². The van der Waals surface area contributed by atoms with Gasteiger partial charge in [-0.05, 0) is 36.6 Å². The van der Waals surface area contributed by atoms with Gasteiger partial charge in [-0.25, -0.2) is 0 Å². The molecule has 1 amide bonds. The molecule has 0 unspecified atom stereocenters. The Hall–Kier alpha value is -2.63. The Balaban J connectivity index is 1.65. The molecule has 6 nitrogen and oxygen atoms in total. The second-order valence-corrected chi connectivity index (χ2v) is 6.95. The van der Waals surface area contributed by atoms with E-state index in [4.69, 9.17) is 5.26 Å². The number of carbonyl (C=O) groups excluding carboxylic acids is 1. The van der Waals surface area contributed by atoms with Crippen molar-refractivity contribution in [3.05, 3.63) is 47.3 Å². The van der Waals surface area contributed by atoms with Gasteiger partial charge in [-0.15, -0.1) is 21.5 Å². The van der Waals surface area contributed by atoms with Crippen LogP contribution in [0.1, 0.15) is 12.5 Å². The average Bonchev–Trinajstić information content (AvgIpc) is 3.29. The molecule has 1 N–H and O–H groups in total. The maximum Gasteiger partial charge on any atom is 0.234 e. The average molecular weight is 369 g/mol. The lowest BCUT2D eigenvalue weighted by molar-refractivity contribution is -0.113. The van der Waals surface area contributed by atoms with E-state index in [2.05, 4.69) is 21.6 Å². The molecule has 126 valence electrons. The SMILES string of the molecule is CCn1c(SCC(=O)Nc2cccc(C#N)c2)nnc1-c1cccs1. The Bertz CT molecular complexity index is 912. The molecule has 0 fully saturated rings. The number of anilines is 1. The van der Waals surface area contributed by atoms with Crippen LogP contribution < -0.4 is 5.32 Å². The molecule has 0 bridgehead atoms. The summed E-state index contributed by atoms with van der Waals surface area (Å²) in [6, 6.07) is 12.9. The summed E-state index contributed by atoms with van der Waals surface area (Å²) in [5.41, 5.74) is 1.12. The minimum atomic E-state index is -0.150. The van der Waals surface area contributed by atoms with Crippen molar-refractivity contribution in [1.82, 2.24) is 14.8 Å². The first kappa shape index (κ1) is 17.2. The predicted molar refractivity (Wildman–Crippen MR) is 99.5 cm³/mol. The Kier molecular flexibility index (Phi) is 5.48. The van der Waals surface area contributed by atoms with Crippen LogP contribution in [0.5, 0.6) is 0 Å². The summed E-state index contributed by atoms with van der Waals surface area (Å²) in [5, 5.41) is 22.9. The van der Waals surface area contributed by atoms with Gasteiger partial charge in [-0.2, -0.15) is 5.26 Å². The van der Waals surface area contributed by atoms with E-state index in [1.54, 1.807) is 35.6 Å². The molecular weight excluding hydrogens is 354 g/mol. The van der Waals surface area contributed by atoms with Crippen LogP contribution in [0.3, 0.4) is 0 Å². The normalized spacial score (nSPS) is 10.4. The topological polar surface area (TPSA) is 83.6 Å². The van der Waals surface area contributed by atoms with Crippen LogP contribution in [0, 0.1) is 11.3 Å². The molecule has 2 heterocycles. The van der Waals surface area contributed by atoms with Gasteiger partial charge < -0.3 is 9.88 Å². The summed E-state index contributed by atoms with van der Waals surface area (Å²) < 4.78 is 2.00. The van der Waals surface area contributed by atoms with E-state index in [0.717, 1.165) is 17.2 Å². The van der Waals surface area contributed by atoms with Gasteiger partial charge >= 0.3 is 0 Å². The minimum Gasteiger partial charge on any atom is -0.325 e. The zero-order chi connectivity index (χ0) is 17.6. The van der Waals surface area contributed by atoms with Crippen molar-refractivity contribution in [1.29, 1.82) is 5.26 Å². The predicted octanol–water partition coefficient (Wildman–Crippen LogP) is 3.63.